The molecule has 0 unspecified atom stereocenters. The van der Waals surface area contributed by atoms with E-state index in [0.717, 1.165) is 4.57 Å². The fourth-order valence-corrected chi connectivity index (χ4v) is 2.27. The quantitative estimate of drug-likeness (QED) is 0.593. The number of nitrogens with one attached hydrogen (secondary N) is 1. The first-order valence-corrected chi connectivity index (χ1v) is 6.07. The van der Waals surface area contributed by atoms with Crippen LogP contribution in [0.3, 0.4) is 0 Å². The Morgan fingerprint density at radius 3 is 2.58 bits per heavy atom. The maximum absolute atomic E-state index is 12.2. The number of rotatable bonds is 0. The number of fused-ring (bicyclic) bond motifs is 3. The Hall–Kier alpha value is -2.16. The SMILES string of the molecule is Cn1c(=O)c2c(nc3[nH]c(=O)c(Br)cn32)n(C)c1=O. The van der Waals surface area contributed by atoms with E-state index in [2.05, 4.69) is 25.9 Å². The van der Waals surface area contributed by atoms with Crippen LogP contribution in [0.15, 0.2) is 25.1 Å². The number of halogens is 1. The molecule has 0 atom stereocenters. The molecular weight excluding hydrogens is 318 g/mol. The van der Waals surface area contributed by atoms with Gasteiger partial charge in [-0.1, -0.05) is 0 Å². The van der Waals surface area contributed by atoms with Crippen LogP contribution in [0.1, 0.15) is 0 Å². The molecular formula is C10H8BrN5O3. The van der Waals surface area contributed by atoms with Gasteiger partial charge in [0.2, 0.25) is 5.78 Å². The topological polar surface area (TPSA) is 94.2 Å². The summed E-state index contributed by atoms with van der Waals surface area (Å²) in [6.07, 6.45) is 1.45. The van der Waals surface area contributed by atoms with Crippen molar-refractivity contribution in [2.75, 3.05) is 0 Å². The van der Waals surface area contributed by atoms with E-state index in [1.165, 1.54) is 29.3 Å². The zero-order valence-electron chi connectivity index (χ0n) is 9.97. The molecule has 0 amide bonds. The van der Waals surface area contributed by atoms with E-state index in [1.54, 1.807) is 0 Å². The van der Waals surface area contributed by atoms with Crippen LogP contribution in [0.4, 0.5) is 0 Å². The summed E-state index contributed by atoms with van der Waals surface area (Å²) in [5.41, 5.74) is -0.838. The lowest BCUT2D eigenvalue weighted by molar-refractivity contribution is 0.708. The lowest BCUT2D eigenvalue weighted by atomic mass is 10.5. The third-order valence-corrected chi connectivity index (χ3v) is 3.54. The van der Waals surface area contributed by atoms with Crippen LogP contribution >= 0.6 is 15.9 Å². The van der Waals surface area contributed by atoms with E-state index in [9.17, 15) is 14.4 Å². The highest BCUT2D eigenvalue weighted by Crippen LogP contribution is 2.11. The molecule has 0 saturated heterocycles. The van der Waals surface area contributed by atoms with Gasteiger partial charge in [0.25, 0.3) is 11.1 Å². The Kier molecular flexibility index (Phi) is 2.30. The molecule has 3 heterocycles. The van der Waals surface area contributed by atoms with E-state index in [1.807, 2.05) is 0 Å². The molecule has 0 bridgehead atoms. The molecule has 9 heteroatoms. The van der Waals surface area contributed by atoms with Crippen molar-refractivity contribution < 1.29 is 0 Å². The molecule has 0 saturated carbocycles. The molecule has 3 aromatic rings. The summed E-state index contributed by atoms with van der Waals surface area (Å²) in [5.74, 6) is 0.210. The largest absolute Gasteiger partial charge is 0.332 e. The average Bonchev–Trinajstić information content (AvgIpc) is 2.73. The normalized spacial score (nSPS) is 11.5. The van der Waals surface area contributed by atoms with Crippen LogP contribution in [0, 0.1) is 0 Å². The summed E-state index contributed by atoms with van der Waals surface area (Å²) in [5, 5.41) is 0. The minimum absolute atomic E-state index is 0.210. The van der Waals surface area contributed by atoms with Gasteiger partial charge in [0.15, 0.2) is 11.2 Å². The molecule has 0 spiro atoms. The number of aromatic nitrogens is 5. The van der Waals surface area contributed by atoms with Gasteiger partial charge in [-0.25, -0.2) is 4.79 Å². The highest BCUT2D eigenvalue weighted by atomic mass is 79.9. The second-order valence-electron chi connectivity index (χ2n) is 4.11. The number of nitrogens with zero attached hydrogens (tertiary/aromatic N) is 4. The molecule has 0 radical (unpaired) electrons. The van der Waals surface area contributed by atoms with Crippen LogP contribution in [0.2, 0.25) is 0 Å². The molecule has 0 aliphatic carbocycles. The van der Waals surface area contributed by atoms with Gasteiger partial charge in [0, 0.05) is 20.3 Å². The summed E-state index contributed by atoms with van der Waals surface area (Å²) in [4.78, 5) is 42.1. The van der Waals surface area contributed by atoms with E-state index in [-0.39, 0.29) is 27.0 Å². The van der Waals surface area contributed by atoms with Gasteiger partial charge in [-0.3, -0.25) is 28.1 Å². The van der Waals surface area contributed by atoms with Gasteiger partial charge >= 0.3 is 5.69 Å². The highest BCUT2D eigenvalue weighted by Gasteiger charge is 2.16. The van der Waals surface area contributed by atoms with Crippen molar-refractivity contribution in [3.8, 4) is 0 Å². The van der Waals surface area contributed by atoms with Crippen LogP contribution < -0.4 is 16.8 Å². The zero-order chi connectivity index (χ0) is 13.9. The maximum Gasteiger partial charge on any atom is 0.332 e. The molecule has 98 valence electrons. The minimum Gasteiger partial charge on any atom is -0.291 e. The van der Waals surface area contributed by atoms with Crippen molar-refractivity contribution in [1.82, 2.24) is 23.5 Å². The Bertz CT molecular complexity index is 1010. The van der Waals surface area contributed by atoms with Gasteiger partial charge in [-0.2, -0.15) is 4.98 Å². The van der Waals surface area contributed by atoms with Gasteiger partial charge in [-0.15, -0.1) is 0 Å². The molecule has 3 aromatic heterocycles. The van der Waals surface area contributed by atoms with Crippen molar-refractivity contribution in [3.63, 3.8) is 0 Å². The van der Waals surface area contributed by atoms with Gasteiger partial charge in [0.05, 0.1) is 4.47 Å². The van der Waals surface area contributed by atoms with Crippen molar-refractivity contribution >= 4 is 32.9 Å². The van der Waals surface area contributed by atoms with Crippen molar-refractivity contribution in [2.24, 2.45) is 14.1 Å². The summed E-state index contributed by atoms with van der Waals surface area (Å²) in [6.45, 7) is 0. The Morgan fingerprint density at radius 2 is 1.89 bits per heavy atom. The van der Waals surface area contributed by atoms with Gasteiger partial charge in [-0.05, 0) is 15.9 Å². The van der Waals surface area contributed by atoms with Crippen LogP contribution in [-0.2, 0) is 14.1 Å². The molecule has 19 heavy (non-hydrogen) atoms. The first-order valence-electron chi connectivity index (χ1n) is 5.28. The Labute approximate surface area is 113 Å². The van der Waals surface area contributed by atoms with Crippen molar-refractivity contribution in [2.45, 2.75) is 0 Å². The Balaban J connectivity index is 2.75. The molecule has 3 rings (SSSR count). The van der Waals surface area contributed by atoms with E-state index >= 15 is 0 Å². The lowest BCUT2D eigenvalue weighted by Gasteiger charge is -2.02. The number of hydrogen-bond donors (Lipinski definition) is 1. The predicted molar refractivity (Wildman–Crippen MR) is 71.5 cm³/mol. The minimum atomic E-state index is -0.470. The van der Waals surface area contributed by atoms with Crippen molar-refractivity contribution in [3.05, 3.63) is 41.9 Å². The standard InChI is InChI=1S/C10H8BrN5O3/c1-14-6-5(8(18)15(2)10(14)19)16-3-4(11)7(17)13-9(16)12-6/h3H,1-2H3,(H,12,13,17). The van der Waals surface area contributed by atoms with E-state index < -0.39 is 11.2 Å². The van der Waals surface area contributed by atoms with Gasteiger partial charge in [0.1, 0.15) is 0 Å². The fourth-order valence-electron chi connectivity index (χ4n) is 1.96. The molecule has 0 aliphatic rings. The number of aromatic amines is 1. The smallest absolute Gasteiger partial charge is 0.291 e. The highest BCUT2D eigenvalue weighted by molar-refractivity contribution is 9.10. The van der Waals surface area contributed by atoms with Crippen LogP contribution in [0.5, 0.6) is 0 Å². The summed E-state index contributed by atoms with van der Waals surface area (Å²) < 4.78 is 3.98. The van der Waals surface area contributed by atoms with Crippen LogP contribution in [0.25, 0.3) is 16.9 Å². The number of aryl methyl sites for hydroxylation is 1. The first-order chi connectivity index (χ1) is 8.91. The summed E-state index contributed by atoms with van der Waals surface area (Å²) >= 11 is 3.09. The zero-order valence-corrected chi connectivity index (χ0v) is 11.6. The van der Waals surface area contributed by atoms with Crippen molar-refractivity contribution in [1.29, 1.82) is 0 Å². The van der Waals surface area contributed by atoms with E-state index in [4.69, 9.17) is 0 Å². The number of imidazole rings is 1. The third-order valence-electron chi connectivity index (χ3n) is 2.98. The summed E-state index contributed by atoms with van der Waals surface area (Å²) in [6, 6.07) is 0. The fraction of sp³-hybridized carbons (Fsp3) is 0.200. The third kappa shape index (κ3) is 1.44. The summed E-state index contributed by atoms with van der Waals surface area (Å²) in [7, 11) is 2.91. The maximum atomic E-state index is 12.2. The molecule has 0 aliphatic heterocycles. The average molecular weight is 326 g/mol. The lowest BCUT2D eigenvalue weighted by Crippen LogP contribution is -2.37. The monoisotopic (exact) mass is 325 g/mol. The Morgan fingerprint density at radius 1 is 1.21 bits per heavy atom. The molecule has 1 N–H and O–H groups in total. The van der Waals surface area contributed by atoms with E-state index in [0.29, 0.717) is 0 Å². The predicted octanol–water partition coefficient (Wildman–Crippen LogP) is -0.664. The molecule has 0 aromatic carbocycles. The molecule has 0 fully saturated rings. The van der Waals surface area contributed by atoms with Crippen LogP contribution in [-0.4, -0.2) is 23.5 Å². The first kappa shape index (κ1) is 11.9. The number of H-pyrrole nitrogens is 1. The number of hydrogen-bond acceptors (Lipinski definition) is 4. The second-order valence-corrected chi connectivity index (χ2v) is 4.97. The van der Waals surface area contributed by atoms with Gasteiger partial charge < -0.3 is 0 Å². The second kappa shape index (κ2) is 3.67. The molecule has 8 nitrogen and oxygen atoms in total.